The molecule has 6 heteroatoms. The lowest BCUT2D eigenvalue weighted by atomic mass is 10.0. The first-order valence-electron chi connectivity index (χ1n) is 6.83. The van der Waals surface area contributed by atoms with Crippen molar-refractivity contribution in [2.45, 2.75) is 32.6 Å². The van der Waals surface area contributed by atoms with Gasteiger partial charge in [-0.15, -0.1) is 0 Å². The van der Waals surface area contributed by atoms with Crippen LogP contribution in [0.25, 0.3) is 0 Å². The largest absolute Gasteiger partial charge is 0.399 e. The lowest BCUT2D eigenvalue weighted by molar-refractivity contribution is 0.457. The lowest BCUT2D eigenvalue weighted by Gasteiger charge is -2.09. The first-order chi connectivity index (χ1) is 9.54. The zero-order valence-electron chi connectivity index (χ0n) is 12.8. The highest BCUT2D eigenvalue weighted by Gasteiger charge is 2.64. The van der Waals surface area contributed by atoms with Gasteiger partial charge < -0.3 is 5.73 Å². The number of nitrogen functional groups attached to an aromatic ring is 1. The Balaban J connectivity index is 2.20. The lowest BCUT2D eigenvalue weighted by Crippen LogP contribution is -2.28. The monoisotopic (exact) mass is 307 g/mol. The number of rotatable bonds is 4. The minimum absolute atomic E-state index is 0.0181. The van der Waals surface area contributed by atoms with Gasteiger partial charge in [-0.1, -0.05) is 27.7 Å². The molecule has 0 radical (unpaired) electrons. The summed E-state index contributed by atoms with van der Waals surface area (Å²) in [6.45, 7) is 8.91. The predicted octanol–water partition coefficient (Wildman–Crippen LogP) is 2.10. The third kappa shape index (κ3) is 2.52. The van der Waals surface area contributed by atoms with Gasteiger partial charge in [0.1, 0.15) is 6.07 Å². The Morgan fingerprint density at radius 1 is 1.29 bits per heavy atom. The minimum atomic E-state index is -3.70. The second kappa shape index (κ2) is 4.72. The Morgan fingerprint density at radius 3 is 2.33 bits per heavy atom. The molecule has 1 aliphatic rings. The Hall–Kier alpha value is -1.58. The van der Waals surface area contributed by atoms with Crippen LogP contribution in [0.2, 0.25) is 0 Å². The molecule has 0 saturated heterocycles. The minimum Gasteiger partial charge on any atom is -0.399 e. The van der Waals surface area contributed by atoms with Crippen LogP contribution in [-0.4, -0.2) is 15.0 Å². The van der Waals surface area contributed by atoms with E-state index in [4.69, 9.17) is 11.0 Å². The van der Waals surface area contributed by atoms with E-state index in [-0.39, 0.29) is 27.2 Å². The molecule has 0 spiro atoms. The van der Waals surface area contributed by atoms with E-state index in [0.29, 0.717) is 12.2 Å². The van der Waals surface area contributed by atoms with Gasteiger partial charge in [0.05, 0.1) is 10.5 Å². The van der Waals surface area contributed by atoms with E-state index in [9.17, 15) is 8.42 Å². The Labute approximate surface area is 126 Å². The molecule has 21 heavy (non-hydrogen) atoms. The number of anilines is 1. The van der Waals surface area contributed by atoms with Gasteiger partial charge in [0, 0.05) is 12.2 Å². The predicted molar refractivity (Wildman–Crippen MR) is 81.8 cm³/mol. The van der Waals surface area contributed by atoms with Gasteiger partial charge in [-0.3, -0.25) is 0 Å². The first kappa shape index (κ1) is 15.8. The van der Waals surface area contributed by atoms with E-state index in [1.54, 1.807) is 0 Å². The molecule has 3 N–H and O–H groups in total. The fourth-order valence-corrected chi connectivity index (χ4v) is 4.17. The van der Waals surface area contributed by atoms with Crippen LogP contribution in [0.15, 0.2) is 23.1 Å². The third-order valence-electron chi connectivity index (χ3n) is 5.21. The van der Waals surface area contributed by atoms with Crippen LogP contribution in [0.3, 0.4) is 0 Å². The molecule has 1 fully saturated rings. The molecule has 0 amide bonds. The summed E-state index contributed by atoms with van der Waals surface area (Å²) in [6, 6.07) is 6.11. The van der Waals surface area contributed by atoms with E-state index in [1.807, 2.05) is 6.07 Å². The molecule has 5 nitrogen and oxygen atoms in total. The Bertz CT molecular complexity index is 701. The average Bonchev–Trinajstić information content (AvgIpc) is 2.76. The standard InChI is InChI=1S/C15H21N3O2S/c1-14(2)13(15(14,3)4)9-18-21(19,20)12-6-5-11(17)7-10(12)8-16/h5-7,13,18H,9,17H2,1-4H3. The molecular weight excluding hydrogens is 286 g/mol. The highest BCUT2D eigenvalue weighted by molar-refractivity contribution is 7.89. The summed E-state index contributed by atoms with van der Waals surface area (Å²) in [5.41, 5.74) is 6.23. The van der Waals surface area contributed by atoms with Gasteiger partial charge in [0.25, 0.3) is 0 Å². The van der Waals surface area contributed by atoms with Crippen LogP contribution in [-0.2, 0) is 10.0 Å². The number of hydrogen-bond acceptors (Lipinski definition) is 4. The van der Waals surface area contributed by atoms with E-state index in [0.717, 1.165) is 0 Å². The fourth-order valence-electron chi connectivity index (χ4n) is 2.98. The second-order valence-corrected chi connectivity index (χ2v) is 8.45. The van der Waals surface area contributed by atoms with Gasteiger partial charge in [-0.2, -0.15) is 5.26 Å². The van der Waals surface area contributed by atoms with Crippen molar-refractivity contribution in [1.82, 2.24) is 4.72 Å². The van der Waals surface area contributed by atoms with E-state index in [1.165, 1.54) is 18.2 Å². The molecule has 1 aromatic rings. The van der Waals surface area contributed by atoms with Crippen LogP contribution in [0.4, 0.5) is 5.69 Å². The van der Waals surface area contributed by atoms with Crippen molar-refractivity contribution in [3.8, 4) is 6.07 Å². The quantitative estimate of drug-likeness (QED) is 0.833. The molecule has 2 rings (SSSR count). The second-order valence-electron chi connectivity index (χ2n) is 6.72. The molecule has 0 bridgehead atoms. The SMILES string of the molecule is CC1(C)C(CNS(=O)(=O)c2ccc(N)cc2C#N)C1(C)C. The Morgan fingerprint density at radius 2 is 1.86 bits per heavy atom. The van der Waals surface area contributed by atoms with Gasteiger partial charge in [-0.05, 0) is 34.9 Å². The zero-order valence-corrected chi connectivity index (χ0v) is 13.6. The average molecular weight is 307 g/mol. The molecule has 1 saturated carbocycles. The third-order valence-corrected chi connectivity index (χ3v) is 6.69. The fraction of sp³-hybridized carbons (Fsp3) is 0.533. The van der Waals surface area contributed by atoms with Crippen molar-refractivity contribution in [3.05, 3.63) is 23.8 Å². The number of benzene rings is 1. The van der Waals surface area contributed by atoms with Crippen molar-refractivity contribution in [2.24, 2.45) is 16.7 Å². The van der Waals surface area contributed by atoms with Crippen LogP contribution in [0.1, 0.15) is 33.3 Å². The van der Waals surface area contributed by atoms with Crippen LogP contribution in [0, 0.1) is 28.1 Å². The van der Waals surface area contributed by atoms with Crippen molar-refractivity contribution in [1.29, 1.82) is 5.26 Å². The highest BCUT2D eigenvalue weighted by Crippen LogP contribution is 2.67. The highest BCUT2D eigenvalue weighted by atomic mass is 32.2. The number of sulfonamides is 1. The summed E-state index contributed by atoms with van der Waals surface area (Å²) in [5, 5.41) is 9.06. The molecule has 0 heterocycles. The number of nitrogens with two attached hydrogens (primary N) is 1. The topological polar surface area (TPSA) is 96.0 Å². The normalized spacial score (nSPS) is 20.0. The van der Waals surface area contributed by atoms with E-state index in [2.05, 4.69) is 32.4 Å². The molecular formula is C15H21N3O2S. The van der Waals surface area contributed by atoms with Gasteiger partial charge in [-0.25, -0.2) is 13.1 Å². The number of hydrogen-bond donors (Lipinski definition) is 2. The van der Waals surface area contributed by atoms with E-state index >= 15 is 0 Å². The molecule has 0 aromatic heterocycles. The smallest absolute Gasteiger partial charge is 0.241 e. The van der Waals surface area contributed by atoms with Crippen LogP contribution < -0.4 is 10.5 Å². The maximum absolute atomic E-state index is 12.4. The van der Waals surface area contributed by atoms with Crippen LogP contribution >= 0.6 is 0 Å². The van der Waals surface area contributed by atoms with Crippen molar-refractivity contribution in [2.75, 3.05) is 12.3 Å². The summed E-state index contributed by atoms with van der Waals surface area (Å²) < 4.78 is 27.4. The van der Waals surface area contributed by atoms with E-state index < -0.39 is 10.0 Å². The van der Waals surface area contributed by atoms with Gasteiger partial charge in [0.15, 0.2) is 0 Å². The number of nitriles is 1. The number of nitrogens with zero attached hydrogens (tertiary/aromatic N) is 1. The first-order valence-corrected chi connectivity index (χ1v) is 8.31. The van der Waals surface area contributed by atoms with Gasteiger partial charge >= 0.3 is 0 Å². The molecule has 114 valence electrons. The maximum atomic E-state index is 12.4. The maximum Gasteiger partial charge on any atom is 0.241 e. The molecule has 0 atom stereocenters. The molecule has 1 aliphatic carbocycles. The summed E-state index contributed by atoms with van der Waals surface area (Å²) in [5.74, 6) is 0.277. The van der Waals surface area contributed by atoms with Crippen LogP contribution in [0.5, 0.6) is 0 Å². The molecule has 0 aliphatic heterocycles. The molecule has 0 unspecified atom stereocenters. The van der Waals surface area contributed by atoms with Crippen molar-refractivity contribution in [3.63, 3.8) is 0 Å². The Kier molecular flexibility index (Phi) is 3.55. The molecule has 1 aromatic carbocycles. The summed E-state index contributed by atoms with van der Waals surface area (Å²) >= 11 is 0. The van der Waals surface area contributed by atoms with Gasteiger partial charge in [0.2, 0.25) is 10.0 Å². The summed E-state index contributed by atoms with van der Waals surface area (Å²) in [6.07, 6.45) is 0. The number of nitrogens with one attached hydrogen (secondary N) is 1. The van der Waals surface area contributed by atoms with Crippen molar-refractivity contribution >= 4 is 15.7 Å². The van der Waals surface area contributed by atoms with Crippen molar-refractivity contribution < 1.29 is 8.42 Å². The summed E-state index contributed by atoms with van der Waals surface area (Å²) in [4.78, 5) is -0.0181. The zero-order chi connectivity index (χ0) is 16.1. The summed E-state index contributed by atoms with van der Waals surface area (Å²) in [7, 11) is -3.70.